The van der Waals surface area contributed by atoms with Crippen LogP contribution >= 0.6 is 0 Å². The molecule has 2 aromatic heterocycles. The molecule has 0 saturated carbocycles. The summed E-state index contributed by atoms with van der Waals surface area (Å²) in [6.07, 6.45) is 5.35. The van der Waals surface area contributed by atoms with Crippen molar-refractivity contribution in [2.75, 3.05) is 7.11 Å². The van der Waals surface area contributed by atoms with E-state index in [1.165, 1.54) is 0 Å². The number of hydrogen-bond donors (Lipinski definition) is 0. The lowest BCUT2D eigenvalue weighted by molar-refractivity contribution is -0.384. The van der Waals surface area contributed by atoms with E-state index in [-0.39, 0.29) is 10.6 Å². The van der Waals surface area contributed by atoms with Crippen LogP contribution < -0.4 is 4.74 Å². The number of hydrogen-bond acceptors (Lipinski definition) is 5. The molecule has 0 unspecified atom stereocenters. The minimum atomic E-state index is -0.342. The van der Waals surface area contributed by atoms with E-state index in [1.54, 1.807) is 19.2 Å². The lowest BCUT2D eigenvalue weighted by Crippen LogP contribution is -2.07. The second-order valence-corrected chi connectivity index (χ2v) is 7.14. The summed E-state index contributed by atoms with van der Waals surface area (Å²) >= 11 is 0. The van der Waals surface area contributed by atoms with E-state index in [2.05, 4.69) is 10.1 Å². The third-order valence-corrected chi connectivity index (χ3v) is 5.47. The molecule has 1 aliphatic carbocycles. The number of methoxy groups -OCH3 is 1. The third-order valence-electron chi connectivity index (χ3n) is 5.47. The molecule has 29 heavy (non-hydrogen) atoms. The zero-order valence-corrected chi connectivity index (χ0v) is 15.8. The van der Waals surface area contributed by atoms with E-state index in [4.69, 9.17) is 4.74 Å². The highest BCUT2D eigenvalue weighted by atomic mass is 16.6. The summed E-state index contributed by atoms with van der Waals surface area (Å²) in [5.74, 6) is 0.817. The zero-order valence-electron chi connectivity index (χ0n) is 15.8. The molecular formula is C22H18N4O3. The number of rotatable bonds is 4. The summed E-state index contributed by atoms with van der Waals surface area (Å²) in [6, 6.07) is 13.0. The van der Waals surface area contributed by atoms with Crippen LogP contribution in [0.25, 0.3) is 22.2 Å². The van der Waals surface area contributed by atoms with Crippen LogP contribution in [-0.4, -0.2) is 26.8 Å². The van der Waals surface area contributed by atoms with E-state index in [1.807, 2.05) is 47.4 Å². The number of nitrogens with zero attached hydrogens (tertiary/aromatic N) is 4. The van der Waals surface area contributed by atoms with Crippen molar-refractivity contribution in [2.45, 2.75) is 19.4 Å². The molecule has 7 heteroatoms. The summed E-state index contributed by atoms with van der Waals surface area (Å²) in [6.45, 7) is 0.604. The molecule has 0 saturated heterocycles. The van der Waals surface area contributed by atoms with Gasteiger partial charge in [0.05, 0.1) is 24.8 Å². The second kappa shape index (κ2) is 6.70. The molecule has 4 aromatic rings. The molecule has 0 N–H and O–H groups in total. The normalized spacial score (nSPS) is 12.4. The molecule has 0 atom stereocenters. The molecule has 1 aliphatic rings. The Balaban J connectivity index is 1.58. The first kappa shape index (κ1) is 17.4. The molecule has 5 rings (SSSR count). The van der Waals surface area contributed by atoms with Gasteiger partial charge >= 0.3 is 0 Å². The van der Waals surface area contributed by atoms with Crippen LogP contribution in [0.1, 0.15) is 16.7 Å². The monoisotopic (exact) mass is 386 g/mol. The van der Waals surface area contributed by atoms with E-state index < -0.39 is 0 Å². The van der Waals surface area contributed by atoms with Crippen molar-refractivity contribution < 1.29 is 9.66 Å². The highest BCUT2D eigenvalue weighted by molar-refractivity contribution is 5.96. The largest absolute Gasteiger partial charge is 0.497 e. The second-order valence-electron chi connectivity index (χ2n) is 7.14. The molecule has 0 aliphatic heterocycles. The van der Waals surface area contributed by atoms with Crippen LogP contribution in [-0.2, 0) is 19.4 Å². The van der Waals surface area contributed by atoms with Crippen molar-refractivity contribution in [1.82, 2.24) is 14.8 Å². The Labute approximate surface area is 166 Å². The number of fused-ring (bicyclic) bond motifs is 5. The summed E-state index contributed by atoms with van der Waals surface area (Å²) in [5.41, 5.74) is 6.33. The average molecular weight is 386 g/mol. The lowest BCUT2D eigenvalue weighted by atomic mass is 9.85. The molecule has 2 heterocycles. The van der Waals surface area contributed by atoms with Crippen LogP contribution in [0, 0.1) is 10.1 Å². The number of non-ortho nitro benzene ring substituents is 1. The highest BCUT2D eigenvalue weighted by Crippen LogP contribution is 2.39. The molecule has 7 nitrogen and oxygen atoms in total. The van der Waals surface area contributed by atoms with Gasteiger partial charge in [0.15, 0.2) is 5.65 Å². The molecule has 0 amide bonds. The van der Waals surface area contributed by atoms with Gasteiger partial charge in [0.25, 0.3) is 5.69 Å². The Morgan fingerprint density at radius 1 is 1.10 bits per heavy atom. The van der Waals surface area contributed by atoms with Gasteiger partial charge in [0.2, 0.25) is 0 Å². The molecule has 0 fully saturated rings. The Hall–Kier alpha value is -3.74. The number of nitro groups is 1. The Morgan fingerprint density at radius 2 is 1.90 bits per heavy atom. The number of ether oxygens (including phenoxy) is 1. The number of benzene rings is 2. The standard InChI is InChI=1S/C22H18N4O3/c1-29-18-7-2-14(3-8-18)13-25-22-20(12-24-25)21-16(11-23-22)5-4-15-10-17(26(27)28)6-9-19(15)21/h2-3,6-12H,4-5,13H2,1H3. The van der Waals surface area contributed by atoms with Crippen LogP contribution in [0.15, 0.2) is 54.9 Å². The maximum absolute atomic E-state index is 11.1. The van der Waals surface area contributed by atoms with Crippen LogP contribution in [0.5, 0.6) is 5.75 Å². The van der Waals surface area contributed by atoms with Crippen molar-refractivity contribution >= 4 is 16.7 Å². The van der Waals surface area contributed by atoms with E-state index in [0.29, 0.717) is 6.54 Å². The molecule has 0 bridgehead atoms. The number of nitro benzene ring substituents is 1. The van der Waals surface area contributed by atoms with Crippen molar-refractivity contribution in [3.05, 3.63) is 81.7 Å². The van der Waals surface area contributed by atoms with Gasteiger partial charge in [0.1, 0.15) is 5.75 Å². The maximum atomic E-state index is 11.1. The first-order valence-corrected chi connectivity index (χ1v) is 9.38. The van der Waals surface area contributed by atoms with Crippen molar-refractivity contribution in [1.29, 1.82) is 0 Å². The molecule has 144 valence electrons. The van der Waals surface area contributed by atoms with E-state index in [9.17, 15) is 10.1 Å². The molecular weight excluding hydrogens is 368 g/mol. The topological polar surface area (TPSA) is 83.1 Å². The summed E-state index contributed by atoms with van der Waals surface area (Å²) < 4.78 is 7.10. The quantitative estimate of drug-likeness (QED) is 0.388. The van der Waals surface area contributed by atoms with Gasteiger partial charge in [0, 0.05) is 23.7 Å². The third kappa shape index (κ3) is 2.91. The highest BCUT2D eigenvalue weighted by Gasteiger charge is 2.23. The number of aromatic nitrogens is 3. The lowest BCUT2D eigenvalue weighted by Gasteiger charge is -2.20. The first-order chi connectivity index (χ1) is 14.1. The van der Waals surface area contributed by atoms with Crippen molar-refractivity contribution in [3.63, 3.8) is 0 Å². The Bertz CT molecular complexity index is 1250. The van der Waals surface area contributed by atoms with E-state index in [0.717, 1.165) is 57.4 Å². The smallest absolute Gasteiger partial charge is 0.269 e. The predicted octanol–water partition coefficient (Wildman–Crippen LogP) is 4.16. The van der Waals surface area contributed by atoms with Crippen molar-refractivity contribution in [3.8, 4) is 16.9 Å². The van der Waals surface area contributed by atoms with Gasteiger partial charge < -0.3 is 4.74 Å². The molecule has 0 radical (unpaired) electrons. The number of pyridine rings is 1. The van der Waals surface area contributed by atoms with E-state index >= 15 is 0 Å². The van der Waals surface area contributed by atoms with Gasteiger partial charge in [-0.15, -0.1) is 0 Å². The number of aryl methyl sites for hydroxylation is 2. The maximum Gasteiger partial charge on any atom is 0.269 e. The molecule has 2 aromatic carbocycles. The minimum Gasteiger partial charge on any atom is -0.497 e. The van der Waals surface area contributed by atoms with Gasteiger partial charge in [-0.2, -0.15) is 5.10 Å². The minimum absolute atomic E-state index is 0.132. The fraction of sp³-hybridized carbons (Fsp3) is 0.182. The predicted molar refractivity (Wildman–Crippen MR) is 109 cm³/mol. The van der Waals surface area contributed by atoms with Crippen LogP contribution in [0.3, 0.4) is 0 Å². The summed E-state index contributed by atoms with van der Waals surface area (Å²) in [5, 5.41) is 16.7. The van der Waals surface area contributed by atoms with Crippen LogP contribution in [0.4, 0.5) is 5.69 Å². The Kier molecular flexibility index (Phi) is 4.01. The van der Waals surface area contributed by atoms with Gasteiger partial charge in [-0.05, 0) is 58.9 Å². The SMILES string of the molecule is COc1ccc(Cn2ncc3c4c(cnc32)CCc2cc([N+](=O)[O-])ccc2-4)cc1. The summed E-state index contributed by atoms with van der Waals surface area (Å²) in [4.78, 5) is 15.5. The van der Waals surface area contributed by atoms with Gasteiger partial charge in [-0.3, -0.25) is 10.1 Å². The fourth-order valence-corrected chi connectivity index (χ4v) is 4.01. The van der Waals surface area contributed by atoms with Crippen LogP contribution in [0.2, 0.25) is 0 Å². The van der Waals surface area contributed by atoms with Gasteiger partial charge in [-0.25, -0.2) is 9.67 Å². The first-order valence-electron chi connectivity index (χ1n) is 9.38. The fourth-order valence-electron chi connectivity index (χ4n) is 4.01. The van der Waals surface area contributed by atoms with Crippen molar-refractivity contribution in [2.24, 2.45) is 0 Å². The average Bonchev–Trinajstić information content (AvgIpc) is 3.16. The summed E-state index contributed by atoms with van der Waals surface area (Å²) in [7, 11) is 1.65. The van der Waals surface area contributed by atoms with Gasteiger partial charge in [-0.1, -0.05) is 12.1 Å². The Morgan fingerprint density at radius 3 is 2.66 bits per heavy atom. The molecule has 0 spiro atoms. The zero-order chi connectivity index (χ0) is 20.0.